The van der Waals surface area contributed by atoms with E-state index in [-0.39, 0.29) is 81.7 Å². The van der Waals surface area contributed by atoms with E-state index in [1.165, 1.54) is 0 Å². The number of benzene rings is 2. The zero-order valence-electron chi connectivity index (χ0n) is 53.6. The number of aromatic nitrogens is 2. The summed E-state index contributed by atoms with van der Waals surface area (Å²) in [6.45, 7) is 13.7. The highest BCUT2D eigenvalue weighted by molar-refractivity contribution is 5.85. The van der Waals surface area contributed by atoms with E-state index in [1.807, 2.05) is 102 Å². The summed E-state index contributed by atoms with van der Waals surface area (Å²) in [7, 11) is 0. The van der Waals surface area contributed by atoms with Crippen LogP contribution < -0.4 is 103 Å². The first-order valence-electron chi connectivity index (χ1n) is 31.7. The number of H-pyrrole nitrogens is 2. The molecule has 7 atom stereocenters. The first kappa shape index (κ1) is 74.0. The third kappa shape index (κ3) is 29.3. The molecule has 26 N–H and O–H groups in total. The quantitative estimate of drug-likeness (QED) is 0.0174. The predicted molar refractivity (Wildman–Crippen MR) is 356 cm³/mol. The molecule has 90 heavy (non-hydrogen) atoms. The van der Waals surface area contributed by atoms with Gasteiger partial charge in [-0.1, -0.05) is 83.4 Å². The van der Waals surface area contributed by atoms with Gasteiger partial charge in [0.1, 0.15) is 0 Å². The summed E-state index contributed by atoms with van der Waals surface area (Å²) in [4.78, 5) is 103. The van der Waals surface area contributed by atoms with Gasteiger partial charge in [-0.05, 0) is 120 Å². The van der Waals surface area contributed by atoms with Gasteiger partial charge in [-0.25, -0.2) is 33.6 Å². The fourth-order valence-electron chi connectivity index (χ4n) is 10.0. The monoisotopic (exact) mass is 1260 g/mol. The first-order chi connectivity index (χ1) is 43.2. The van der Waals surface area contributed by atoms with Crippen LogP contribution in [0.4, 0.5) is 33.6 Å². The molecular weight excluding hydrogens is 1150 g/mol. The number of aliphatic imine (C=N–C) groups is 1. The Morgan fingerprint density at radius 2 is 0.789 bits per heavy atom. The van der Waals surface area contributed by atoms with Crippen molar-refractivity contribution in [2.45, 2.75) is 161 Å². The molecule has 4 aromatic rings. The minimum absolute atomic E-state index is 0.0456. The zero-order valence-corrected chi connectivity index (χ0v) is 53.6. The van der Waals surface area contributed by atoms with E-state index in [0.717, 1.165) is 58.6 Å². The first-order valence-corrected chi connectivity index (χ1v) is 31.7. The number of para-hydroxylation sites is 2. The molecule has 0 aliphatic heterocycles. The minimum Gasteiger partial charge on any atom is -0.370 e. The molecule has 2 aromatic heterocycles. The van der Waals surface area contributed by atoms with Crippen LogP contribution in [0.25, 0.3) is 21.8 Å². The third-order valence-corrected chi connectivity index (χ3v) is 15.2. The number of hydrogen-bond acceptors (Lipinski definition) is 11. The number of unbranched alkanes of at least 4 members (excludes halogenated alkanes) is 3. The second kappa shape index (κ2) is 41.0. The van der Waals surface area contributed by atoms with Crippen LogP contribution in [0.15, 0.2) is 65.9 Å². The number of aromatic amines is 2. The van der Waals surface area contributed by atoms with Crippen molar-refractivity contribution in [3.8, 4) is 0 Å². The molecular formula is C61H106N22O7. The Kier molecular flexibility index (Phi) is 33.7. The number of carbonyl (C=O) groups is 7. The second-order valence-electron chi connectivity index (χ2n) is 23.8. The molecule has 2 heterocycles. The number of primary amides is 1. The average molecular weight is 1260 g/mol. The largest absolute Gasteiger partial charge is 0.370 e. The van der Waals surface area contributed by atoms with Crippen LogP contribution in [0.1, 0.15) is 110 Å². The van der Waals surface area contributed by atoms with Gasteiger partial charge < -0.3 is 113 Å². The summed E-state index contributed by atoms with van der Waals surface area (Å²) in [6.07, 6.45) is 10.6. The Balaban J connectivity index is 1.37. The van der Waals surface area contributed by atoms with E-state index in [0.29, 0.717) is 64.6 Å². The molecule has 2 aromatic carbocycles. The summed E-state index contributed by atoms with van der Waals surface area (Å²) in [5, 5.41) is 43.1. The molecule has 0 aliphatic rings. The van der Waals surface area contributed by atoms with Crippen LogP contribution in [0.5, 0.6) is 0 Å². The SMILES string of the molecule is CC(C)NC(=O)N[C@H](CNC(=O)N[C@@H](CCCCN)CN=C(N)N[C@H](CNC(=O)N[C@H](CNC(=O)N[C@@H](CCCCN)CNC(=O)N[C@H](CNC(=O)N[C@@H](CCCCN)CNC(N)=O)Cc1c[nH]c2ccccc12)C(C)C)Cc1c[nH]c2ccccc12)C(C)C. The van der Waals surface area contributed by atoms with Crippen molar-refractivity contribution in [1.82, 2.24) is 84.4 Å². The molecule has 4 rings (SSSR count). The Morgan fingerprint density at radius 3 is 1.22 bits per heavy atom. The van der Waals surface area contributed by atoms with Crippen LogP contribution in [0, 0.1) is 11.8 Å². The van der Waals surface area contributed by atoms with E-state index in [9.17, 15) is 33.6 Å². The van der Waals surface area contributed by atoms with Gasteiger partial charge in [-0.3, -0.25) is 4.99 Å². The van der Waals surface area contributed by atoms with Crippen molar-refractivity contribution in [2.75, 3.05) is 65.4 Å². The number of hydrogen-bond donors (Lipinski definition) is 21. The molecule has 29 nitrogen and oxygen atoms in total. The number of nitrogens with two attached hydrogens (primary N) is 5. The smallest absolute Gasteiger partial charge is 0.315 e. The number of nitrogens with one attached hydrogen (secondary N) is 16. The van der Waals surface area contributed by atoms with Crippen molar-refractivity contribution in [3.05, 3.63) is 72.1 Å². The lowest BCUT2D eigenvalue weighted by molar-refractivity contribution is 0.222. The lowest BCUT2D eigenvalue weighted by Crippen LogP contribution is -2.56. The predicted octanol–water partition coefficient (Wildman–Crippen LogP) is 2.49. The molecule has 0 fully saturated rings. The maximum absolute atomic E-state index is 13.8. The number of guanidine groups is 1. The van der Waals surface area contributed by atoms with Crippen LogP contribution >= 0.6 is 0 Å². The molecule has 0 bridgehead atoms. The number of urea groups is 7. The van der Waals surface area contributed by atoms with Crippen LogP contribution in [-0.4, -0.2) is 172 Å². The lowest BCUT2D eigenvalue weighted by atomic mass is 10.0. The Bertz CT molecular complexity index is 2830. The number of rotatable bonds is 40. The summed E-state index contributed by atoms with van der Waals surface area (Å²) < 4.78 is 0. The minimum atomic E-state index is -0.708. The Hall–Kier alpha value is -8.44. The van der Waals surface area contributed by atoms with Crippen LogP contribution in [-0.2, 0) is 12.8 Å². The molecule has 14 amide bonds. The fraction of sp³-hybridized carbons (Fsp3) is 0.607. The van der Waals surface area contributed by atoms with Gasteiger partial charge in [-0.2, -0.15) is 0 Å². The lowest BCUT2D eigenvalue weighted by Gasteiger charge is -2.26. The third-order valence-electron chi connectivity index (χ3n) is 15.2. The van der Waals surface area contributed by atoms with Crippen molar-refractivity contribution in [3.63, 3.8) is 0 Å². The van der Waals surface area contributed by atoms with Crippen molar-refractivity contribution < 1.29 is 33.6 Å². The summed E-state index contributed by atoms with van der Waals surface area (Å²) in [5.74, 6) is 0.0461. The van der Waals surface area contributed by atoms with Gasteiger partial charge in [0.15, 0.2) is 5.96 Å². The number of amides is 14. The van der Waals surface area contributed by atoms with Crippen molar-refractivity contribution >= 4 is 70.0 Å². The van der Waals surface area contributed by atoms with Gasteiger partial charge in [0.05, 0.1) is 36.8 Å². The number of fused-ring (bicyclic) bond motifs is 2. The zero-order chi connectivity index (χ0) is 65.8. The van der Waals surface area contributed by atoms with Gasteiger partial charge in [0.25, 0.3) is 0 Å². The van der Waals surface area contributed by atoms with E-state index in [2.05, 4.69) is 89.4 Å². The highest BCUT2D eigenvalue weighted by Crippen LogP contribution is 2.21. The fourth-order valence-corrected chi connectivity index (χ4v) is 10.0. The average Bonchev–Trinajstić information content (AvgIpc) is 1.90. The molecule has 0 saturated carbocycles. The van der Waals surface area contributed by atoms with Crippen LogP contribution in [0.2, 0.25) is 0 Å². The molecule has 0 aliphatic carbocycles. The standard InChI is InChI=1S/C61H106N22O7/c1-38(2)52(36-74-59(88)80-45(19-13-16-26-64)33-71-57(86)81-47(28-42-30-68-51-23-10-8-21-49(42)51)35-72-56(85)79-44(18-12-15-25-63)32-70-55(66)84)82-60(89)73-34-46(27-41-29-67-50-22-9-7-20-48(41)50)77-54(65)69-31-43(17-11-14-24-62)78-58(87)75-37-53(39(3)4)83-61(90)76-40(5)6/h7-10,20-23,29-30,38-40,43-47,52-53,67-68H,11-19,24-28,31-37,62-64H2,1-6H3,(H3,65,69,77)(H3,66,70,84)(H2,71,81,86)(H2,72,79,85)(H2,73,82,89)(H2,74,80,88)(H2,75,78,87)(H2,76,83,90)/t43-,44-,45-,46-,47-,52+,53+/m0/s1. The Morgan fingerprint density at radius 1 is 0.422 bits per heavy atom. The van der Waals surface area contributed by atoms with Gasteiger partial charge in [0, 0.05) is 91.6 Å². The summed E-state index contributed by atoms with van der Waals surface area (Å²) in [6, 6.07) is 9.04. The van der Waals surface area contributed by atoms with Crippen molar-refractivity contribution in [2.24, 2.45) is 45.5 Å². The van der Waals surface area contributed by atoms with Gasteiger partial charge >= 0.3 is 42.2 Å². The van der Waals surface area contributed by atoms with Gasteiger partial charge in [0.2, 0.25) is 0 Å². The molecule has 0 saturated heterocycles. The molecule has 502 valence electrons. The number of carbonyl (C=O) groups excluding carboxylic acids is 7. The molecule has 0 spiro atoms. The maximum atomic E-state index is 13.8. The van der Waals surface area contributed by atoms with E-state index >= 15 is 0 Å². The van der Waals surface area contributed by atoms with E-state index in [1.54, 1.807) is 0 Å². The topological polar surface area (TPSA) is 462 Å². The normalized spacial score (nSPS) is 13.9. The summed E-state index contributed by atoms with van der Waals surface area (Å²) in [5.41, 5.74) is 33.0. The van der Waals surface area contributed by atoms with Crippen LogP contribution in [0.3, 0.4) is 0 Å². The van der Waals surface area contributed by atoms with Crippen molar-refractivity contribution in [1.29, 1.82) is 0 Å². The molecule has 0 radical (unpaired) electrons. The highest BCUT2D eigenvalue weighted by atomic mass is 16.2. The highest BCUT2D eigenvalue weighted by Gasteiger charge is 2.24. The molecule has 29 heteroatoms. The van der Waals surface area contributed by atoms with E-state index in [4.69, 9.17) is 28.7 Å². The summed E-state index contributed by atoms with van der Waals surface area (Å²) >= 11 is 0. The maximum Gasteiger partial charge on any atom is 0.315 e. The van der Waals surface area contributed by atoms with E-state index < -0.39 is 72.4 Å². The molecule has 0 unspecified atom stereocenters. The second-order valence-corrected chi connectivity index (χ2v) is 23.8. The number of nitrogens with zero attached hydrogens (tertiary/aromatic N) is 1. The van der Waals surface area contributed by atoms with Gasteiger partial charge in [-0.15, -0.1) is 0 Å². The Labute approximate surface area is 529 Å².